The normalized spacial score (nSPS) is 17.3. The topological polar surface area (TPSA) is 29.5 Å². The molecule has 0 spiro atoms. The maximum absolute atomic E-state index is 8.90. The molecule has 2 nitrogen and oxygen atoms in total. The van der Waals surface area contributed by atoms with Gasteiger partial charge in [-0.1, -0.05) is 26.1 Å². The van der Waals surface area contributed by atoms with Crippen molar-refractivity contribution in [3.8, 4) is 0 Å². The standard InChI is InChI=1S/C5H13O2PS2/c1-5(2)3-4-7-8(6,9)10/h5H,3-4H2,1-2H3,(H2,6,9,10). The summed E-state index contributed by atoms with van der Waals surface area (Å²) in [6.07, 6.45) is 0.916. The van der Waals surface area contributed by atoms with E-state index in [1.54, 1.807) is 0 Å². The van der Waals surface area contributed by atoms with E-state index in [-0.39, 0.29) is 0 Å². The van der Waals surface area contributed by atoms with Crippen LogP contribution in [0, 0.1) is 5.92 Å². The number of hydrogen-bond acceptors (Lipinski definition) is 2. The van der Waals surface area contributed by atoms with Crippen molar-refractivity contribution in [1.29, 1.82) is 0 Å². The molecule has 0 aliphatic heterocycles. The van der Waals surface area contributed by atoms with Gasteiger partial charge in [0.2, 0.25) is 5.69 Å². The lowest BCUT2D eigenvalue weighted by atomic mass is 10.2. The van der Waals surface area contributed by atoms with Gasteiger partial charge in [-0.2, -0.15) is 0 Å². The molecule has 1 N–H and O–H groups in total. The third kappa shape index (κ3) is 8.92. The number of thiol groups is 1. The van der Waals surface area contributed by atoms with Crippen LogP contribution in [0.5, 0.6) is 0 Å². The Balaban J connectivity index is 3.30. The Morgan fingerprint density at radius 2 is 2.20 bits per heavy atom. The molecule has 0 aliphatic rings. The van der Waals surface area contributed by atoms with E-state index >= 15 is 0 Å². The average molecular weight is 200 g/mol. The van der Waals surface area contributed by atoms with E-state index in [0.717, 1.165) is 6.42 Å². The van der Waals surface area contributed by atoms with E-state index in [9.17, 15) is 0 Å². The molecule has 5 heteroatoms. The second kappa shape index (κ2) is 4.73. The van der Waals surface area contributed by atoms with Crippen LogP contribution in [0.3, 0.4) is 0 Å². The van der Waals surface area contributed by atoms with Crippen molar-refractivity contribution in [3.05, 3.63) is 0 Å². The summed E-state index contributed by atoms with van der Waals surface area (Å²) in [6.45, 7) is 4.68. The molecule has 1 unspecified atom stereocenters. The van der Waals surface area contributed by atoms with Crippen LogP contribution in [-0.4, -0.2) is 11.5 Å². The zero-order valence-corrected chi connectivity index (χ0v) is 8.76. The molecule has 0 aromatic heterocycles. The van der Waals surface area contributed by atoms with Gasteiger partial charge in [-0.25, -0.2) is 0 Å². The lowest BCUT2D eigenvalue weighted by Gasteiger charge is -2.09. The van der Waals surface area contributed by atoms with Gasteiger partial charge in [0.15, 0.2) is 0 Å². The van der Waals surface area contributed by atoms with Gasteiger partial charge in [0.25, 0.3) is 0 Å². The number of rotatable bonds is 4. The predicted octanol–water partition coefficient (Wildman–Crippen LogP) is 2.20. The molecule has 0 saturated heterocycles. The highest BCUT2D eigenvalue weighted by molar-refractivity contribution is 8.59. The maximum Gasteiger partial charge on any atom is 0.241 e. The van der Waals surface area contributed by atoms with Crippen molar-refractivity contribution in [1.82, 2.24) is 0 Å². The van der Waals surface area contributed by atoms with Gasteiger partial charge >= 0.3 is 0 Å². The molecular weight excluding hydrogens is 187 g/mol. The highest BCUT2D eigenvalue weighted by Gasteiger charge is 2.05. The van der Waals surface area contributed by atoms with Crippen molar-refractivity contribution >= 4 is 29.7 Å². The third-order valence-electron chi connectivity index (χ3n) is 0.955. The quantitative estimate of drug-likeness (QED) is 0.538. The fourth-order valence-corrected chi connectivity index (χ4v) is 1.22. The van der Waals surface area contributed by atoms with Crippen LogP contribution < -0.4 is 0 Å². The van der Waals surface area contributed by atoms with Crippen molar-refractivity contribution in [2.75, 3.05) is 6.61 Å². The van der Waals surface area contributed by atoms with E-state index in [4.69, 9.17) is 9.42 Å². The van der Waals surface area contributed by atoms with E-state index < -0.39 is 5.69 Å². The summed E-state index contributed by atoms with van der Waals surface area (Å²) < 4.78 is 4.89. The summed E-state index contributed by atoms with van der Waals surface area (Å²) in [5.74, 6) is 0.579. The van der Waals surface area contributed by atoms with E-state index in [0.29, 0.717) is 12.5 Å². The minimum absolute atomic E-state index is 0.509. The zero-order chi connectivity index (χ0) is 8.20. The van der Waals surface area contributed by atoms with Gasteiger partial charge in [-0.15, -0.1) is 0 Å². The monoisotopic (exact) mass is 200 g/mol. The smallest absolute Gasteiger partial charge is 0.241 e. The highest BCUT2D eigenvalue weighted by atomic mass is 32.9. The average Bonchev–Trinajstić information content (AvgIpc) is 1.59. The minimum atomic E-state index is -2.69. The fourth-order valence-electron chi connectivity index (χ4n) is 0.407. The van der Waals surface area contributed by atoms with Crippen molar-refractivity contribution < 1.29 is 9.42 Å². The fraction of sp³-hybridized carbons (Fsp3) is 1.00. The van der Waals surface area contributed by atoms with Crippen LogP contribution in [-0.2, 0) is 16.3 Å². The van der Waals surface area contributed by atoms with Crippen LogP contribution >= 0.6 is 17.9 Å². The van der Waals surface area contributed by atoms with Crippen LogP contribution in [0.4, 0.5) is 0 Å². The first kappa shape index (κ1) is 10.9. The first-order chi connectivity index (χ1) is 4.42. The van der Waals surface area contributed by atoms with Crippen LogP contribution in [0.15, 0.2) is 0 Å². The lowest BCUT2D eigenvalue weighted by molar-refractivity contribution is 0.293. The molecule has 0 aromatic carbocycles. The molecule has 0 radical (unpaired) electrons. The Hall–Kier alpha value is 0.920. The van der Waals surface area contributed by atoms with Crippen LogP contribution in [0.25, 0.3) is 0 Å². The SMILES string of the molecule is CC(C)CCOP(O)(=S)S. The summed E-state index contributed by atoms with van der Waals surface area (Å²) in [5.41, 5.74) is -2.69. The summed E-state index contributed by atoms with van der Waals surface area (Å²) in [5, 5.41) is 0. The number of hydrogen-bond donors (Lipinski definition) is 2. The molecule has 0 rings (SSSR count). The van der Waals surface area contributed by atoms with Gasteiger partial charge in [0.1, 0.15) is 0 Å². The van der Waals surface area contributed by atoms with Crippen LogP contribution in [0.1, 0.15) is 20.3 Å². The summed E-state index contributed by atoms with van der Waals surface area (Å²) in [7, 11) is 0. The van der Waals surface area contributed by atoms with Crippen molar-refractivity contribution in [3.63, 3.8) is 0 Å². The van der Waals surface area contributed by atoms with E-state index in [1.165, 1.54) is 0 Å². The first-order valence-electron chi connectivity index (χ1n) is 3.12. The van der Waals surface area contributed by atoms with E-state index in [2.05, 4.69) is 37.9 Å². The molecule has 0 heterocycles. The van der Waals surface area contributed by atoms with Crippen molar-refractivity contribution in [2.45, 2.75) is 20.3 Å². The Bertz CT molecular complexity index is 132. The minimum Gasteiger partial charge on any atom is -0.338 e. The van der Waals surface area contributed by atoms with Gasteiger partial charge in [-0.05, 0) is 24.1 Å². The van der Waals surface area contributed by atoms with Gasteiger partial charge in [0, 0.05) is 0 Å². The zero-order valence-electron chi connectivity index (χ0n) is 6.15. The molecule has 0 saturated carbocycles. The molecule has 0 bridgehead atoms. The molecule has 62 valence electrons. The Morgan fingerprint density at radius 3 is 2.50 bits per heavy atom. The molecule has 0 fully saturated rings. The summed E-state index contributed by atoms with van der Waals surface area (Å²) >= 11 is 8.26. The first-order valence-corrected chi connectivity index (χ1v) is 6.94. The second-order valence-corrected chi connectivity index (χ2v) is 7.67. The predicted molar refractivity (Wildman–Crippen MR) is 50.9 cm³/mol. The lowest BCUT2D eigenvalue weighted by Crippen LogP contribution is -1.94. The summed E-state index contributed by atoms with van der Waals surface area (Å²) in [6, 6.07) is 0. The molecule has 0 amide bonds. The van der Waals surface area contributed by atoms with Gasteiger partial charge in [-0.3, -0.25) is 0 Å². The highest BCUT2D eigenvalue weighted by Crippen LogP contribution is 2.47. The summed E-state index contributed by atoms with van der Waals surface area (Å²) in [4.78, 5) is 8.90. The Kier molecular flexibility index (Phi) is 5.16. The maximum atomic E-state index is 8.90. The molecule has 1 atom stereocenters. The Morgan fingerprint density at radius 1 is 1.70 bits per heavy atom. The molecule has 0 aromatic rings. The third-order valence-corrected chi connectivity index (χ3v) is 2.14. The van der Waals surface area contributed by atoms with Gasteiger partial charge in [0.05, 0.1) is 6.61 Å². The van der Waals surface area contributed by atoms with Gasteiger partial charge < -0.3 is 9.42 Å². The Labute approximate surface area is 72.3 Å². The van der Waals surface area contributed by atoms with Crippen LogP contribution in [0.2, 0.25) is 0 Å². The van der Waals surface area contributed by atoms with E-state index in [1.807, 2.05) is 0 Å². The molecule has 10 heavy (non-hydrogen) atoms. The molecular formula is C5H13O2PS2. The second-order valence-electron chi connectivity index (χ2n) is 2.51. The van der Waals surface area contributed by atoms with Crippen molar-refractivity contribution in [2.24, 2.45) is 5.92 Å². The largest absolute Gasteiger partial charge is 0.338 e. The molecule has 0 aliphatic carbocycles.